The van der Waals surface area contributed by atoms with E-state index in [4.69, 9.17) is 0 Å². The van der Waals surface area contributed by atoms with Crippen LogP contribution in [0.1, 0.15) is 33.3 Å². The molecule has 0 aliphatic heterocycles. The van der Waals surface area contributed by atoms with Crippen LogP contribution < -0.4 is 0 Å². The van der Waals surface area contributed by atoms with Crippen molar-refractivity contribution in [3.63, 3.8) is 0 Å². The van der Waals surface area contributed by atoms with Crippen LogP contribution in [0.25, 0.3) is 5.57 Å². The van der Waals surface area contributed by atoms with Crippen molar-refractivity contribution in [2.45, 2.75) is 27.7 Å². The van der Waals surface area contributed by atoms with E-state index in [1.165, 1.54) is 0 Å². The predicted octanol–water partition coefficient (Wildman–Crippen LogP) is 4.58. The highest BCUT2D eigenvalue weighted by molar-refractivity contribution is 7.59. The van der Waals surface area contributed by atoms with Gasteiger partial charge in [-0.05, 0) is 11.1 Å². The molecule has 1 rings (SSSR count). The lowest BCUT2D eigenvalue weighted by Gasteiger charge is -2.38. The van der Waals surface area contributed by atoms with Gasteiger partial charge < -0.3 is 0 Å². The molecule has 0 aliphatic rings. The van der Waals surface area contributed by atoms with E-state index in [1.54, 1.807) is 0 Å². The lowest BCUT2D eigenvalue weighted by Crippen LogP contribution is -2.33. The highest BCUT2D eigenvalue weighted by Crippen LogP contribution is 2.54. The van der Waals surface area contributed by atoms with Crippen molar-refractivity contribution in [1.29, 1.82) is 0 Å². The smallest absolute Gasteiger partial charge is 0.220 e. The van der Waals surface area contributed by atoms with Gasteiger partial charge >= 0.3 is 0 Å². The minimum absolute atomic E-state index is 0.528. The SMILES string of the molecule is C=C(CP(=O)(N(CC)CC)N(CC)CC)c1ccccc1. The maximum atomic E-state index is 13.7. The average molecular weight is 308 g/mol. The van der Waals surface area contributed by atoms with Crippen LogP contribution in [-0.2, 0) is 4.57 Å². The molecule has 0 amide bonds. The zero-order valence-electron chi connectivity index (χ0n) is 13.9. The number of hydrogen-bond acceptors (Lipinski definition) is 1. The first kappa shape index (κ1) is 18.2. The molecule has 3 nitrogen and oxygen atoms in total. The summed E-state index contributed by atoms with van der Waals surface area (Å²) in [6.45, 7) is 15.7. The van der Waals surface area contributed by atoms with E-state index in [1.807, 2.05) is 30.3 Å². The quantitative estimate of drug-likeness (QED) is 0.624. The molecule has 4 heteroatoms. The third-order valence-corrected chi connectivity index (χ3v) is 7.62. The summed E-state index contributed by atoms with van der Waals surface area (Å²) in [5, 5.41) is 0. The van der Waals surface area contributed by atoms with Gasteiger partial charge in [0.25, 0.3) is 0 Å². The Labute approximate surface area is 130 Å². The van der Waals surface area contributed by atoms with E-state index in [2.05, 4.69) is 43.6 Å². The molecule has 1 aromatic carbocycles. The largest absolute Gasteiger partial charge is 0.288 e. The van der Waals surface area contributed by atoms with E-state index in [0.29, 0.717) is 6.16 Å². The van der Waals surface area contributed by atoms with Gasteiger partial charge in [0.15, 0.2) is 0 Å². The van der Waals surface area contributed by atoms with Crippen LogP contribution in [0, 0.1) is 0 Å². The third-order valence-electron chi connectivity index (χ3n) is 3.92. The molecule has 0 radical (unpaired) electrons. The van der Waals surface area contributed by atoms with Crippen molar-refractivity contribution < 1.29 is 4.57 Å². The van der Waals surface area contributed by atoms with Gasteiger partial charge in [-0.1, -0.05) is 64.6 Å². The fourth-order valence-electron chi connectivity index (χ4n) is 2.72. The second-order valence-electron chi connectivity index (χ2n) is 5.07. The van der Waals surface area contributed by atoms with Crippen LogP contribution in [0.2, 0.25) is 0 Å². The second kappa shape index (κ2) is 8.53. The van der Waals surface area contributed by atoms with Gasteiger partial charge in [-0.3, -0.25) is 4.57 Å². The topological polar surface area (TPSA) is 23.6 Å². The fourth-order valence-corrected chi connectivity index (χ4v) is 5.93. The Morgan fingerprint density at radius 1 is 0.952 bits per heavy atom. The van der Waals surface area contributed by atoms with Crippen molar-refractivity contribution in [3.05, 3.63) is 42.5 Å². The van der Waals surface area contributed by atoms with Gasteiger partial charge in [0.1, 0.15) is 0 Å². The molecule has 0 aromatic heterocycles. The highest BCUT2D eigenvalue weighted by Gasteiger charge is 2.34. The first-order valence-corrected chi connectivity index (χ1v) is 9.66. The molecule has 0 spiro atoms. The molecule has 0 saturated heterocycles. The van der Waals surface area contributed by atoms with Crippen LogP contribution in [0.3, 0.4) is 0 Å². The highest BCUT2D eigenvalue weighted by atomic mass is 31.2. The molecule has 118 valence electrons. The summed E-state index contributed by atoms with van der Waals surface area (Å²) in [6, 6.07) is 10.1. The monoisotopic (exact) mass is 308 g/mol. The summed E-state index contributed by atoms with van der Waals surface area (Å²) in [7, 11) is -2.59. The summed E-state index contributed by atoms with van der Waals surface area (Å²) >= 11 is 0. The minimum Gasteiger partial charge on any atom is -0.288 e. The molecule has 1 aromatic rings. The van der Waals surface area contributed by atoms with E-state index in [-0.39, 0.29) is 0 Å². The molecule has 0 unspecified atom stereocenters. The van der Waals surface area contributed by atoms with Crippen molar-refractivity contribution in [1.82, 2.24) is 9.34 Å². The molecule has 21 heavy (non-hydrogen) atoms. The van der Waals surface area contributed by atoms with E-state index >= 15 is 0 Å². The first-order chi connectivity index (χ1) is 10.0. The average Bonchev–Trinajstić information content (AvgIpc) is 2.50. The van der Waals surface area contributed by atoms with Crippen molar-refractivity contribution in [3.8, 4) is 0 Å². The number of allylic oxidation sites excluding steroid dienone is 1. The van der Waals surface area contributed by atoms with Gasteiger partial charge in [0.05, 0.1) is 6.16 Å². The standard InChI is InChI=1S/C17H29N2OP/c1-6-18(7-2)21(20,19(8-3)9-4)15-16(5)17-13-11-10-12-14-17/h10-14H,5-9,15H2,1-4H3. The van der Waals surface area contributed by atoms with Gasteiger partial charge in [-0.2, -0.15) is 0 Å². The van der Waals surface area contributed by atoms with Crippen molar-refractivity contribution >= 4 is 13.0 Å². The summed E-state index contributed by atoms with van der Waals surface area (Å²) in [5.74, 6) is 0. The van der Waals surface area contributed by atoms with Crippen molar-refractivity contribution in [2.24, 2.45) is 0 Å². The normalized spacial score (nSPS) is 12.1. The Bertz CT molecular complexity index is 463. The number of benzene rings is 1. The predicted molar refractivity (Wildman–Crippen MR) is 93.8 cm³/mol. The van der Waals surface area contributed by atoms with E-state index in [0.717, 1.165) is 37.3 Å². The van der Waals surface area contributed by atoms with Crippen LogP contribution in [0.5, 0.6) is 0 Å². The molecule has 0 heterocycles. The summed E-state index contributed by atoms with van der Waals surface area (Å²) in [5.41, 5.74) is 2.04. The van der Waals surface area contributed by atoms with Gasteiger partial charge in [-0.25, -0.2) is 9.34 Å². The lowest BCUT2D eigenvalue weighted by atomic mass is 10.1. The second-order valence-corrected chi connectivity index (χ2v) is 7.85. The Balaban J connectivity index is 3.08. The molecule has 0 atom stereocenters. The van der Waals surface area contributed by atoms with Crippen LogP contribution in [-0.4, -0.2) is 41.7 Å². The molecule has 0 bridgehead atoms. The van der Waals surface area contributed by atoms with Gasteiger partial charge in [0.2, 0.25) is 7.44 Å². The zero-order chi connectivity index (χ0) is 15.9. The lowest BCUT2D eigenvalue weighted by molar-refractivity contribution is 0.362. The molecule has 0 aliphatic carbocycles. The van der Waals surface area contributed by atoms with E-state index in [9.17, 15) is 4.57 Å². The molecule has 0 N–H and O–H groups in total. The van der Waals surface area contributed by atoms with Crippen LogP contribution in [0.15, 0.2) is 36.9 Å². The van der Waals surface area contributed by atoms with Gasteiger partial charge in [0, 0.05) is 26.2 Å². The number of hydrogen-bond donors (Lipinski definition) is 0. The van der Waals surface area contributed by atoms with Crippen molar-refractivity contribution in [2.75, 3.05) is 32.3 Å². The molecule has 0 saturated carbocycles. The Morgan fingerprint density at radius 2 is 1.38 bits per heavy atom. The Kier molecular flexibility index (Phi) is 7.37. The Morgan fingerprint density at radius 3 is 1.76 bits per heavy atom. The molecular weight excluding hydrogens is 279 g/mol. The van der Waals surface area contributed by atoms with Crippen LogP contribution in [0.4, 0.5) is 0 Å². The maximum absolute atomic E-state index is 13.7. The third kappa shape index (κ3) is 4.29. The summed E-state index contributed by atoms with van der Waals surface area (Å²) < 4.78 is 17.9. The summed E-state index contributed by atoms with van der Waals surface area (Å²) in [4.78, 5) is 0. The zero-order valence-corrected chi connectivity index (χ0v) is 14.8. The Hall–Kier alpha value is -0.890. The van der Waals surface area contributed by atoms with Gasteiger partial charge in [-0.15, -0.1) is 0 Å². The van der Waals surface area contributed by atoms with E-state index < -0.39 is 7.44 Å². The maximum Gasteiger partial charge on any atom is 0.220 e. The number of rotatable bonds is 9. The minimum atomic E-state index is -2.59. The summed E-state index contributed by atoms with van der Waals surface area (Å²) in [6.07, 6.45) is 0.528. The fraction of sp³-hybridized carbons (Fsp3) is 0.529. The van der Waals surface area contributed by atoms with Crippen LogP contribution >= 0.6 is 7.44 Å². The first-order valence-electron chi connectivity index (χ1n) is 7.86. The number of nitrogens with zero attached hydrogens (tertiary/aromatic N) is 2. The molecular formula is C17H29N2OP. The molecule has 0 fully saturated rings.